The minimum atomic E-state index is 0.622. The van der Waals surface area contributed by atoms with Crippen LogP contribution >= 0.6 is 31.9 Å². The highest BCUT2D eigenvalue weighted by Crippen LogP contribution is 2.20. The van der Waals surface area contributed by atoms with Crippen LogP contribution in [-0.2, 0) is 6.54 Å². The highest BCUT2D eigenvalue weighted by atomic mass is 79.9. The van der Waals surface area contributed by atoms with Crippen LogP contribution in [0.1, 0.15) is 5.69 Å². The first-order valence-corrected chi connectivity index (χ1v) is 7.81. The summed E-state index contributed by atoms with van der Waals surface area (Å²) in [6.45, 7) is 0.622. The van der Waals surface area contributed by atoms with E-state index < -0.39 is 0 Å². The summed E-state index contributed by atoms with van der Waals surface area (Å²) < 4.78 is 3.63. The second kappa shape index (κ2) is 6.36. The van der Waals surface area contributed by atoms with Gasteiger partial charge in [-0.15, -0.1) is 0 Å². The lowest BCUT2D eigenvalue weighted by Gasteiger charge is -2.08. The fraction of sp³-hybridized carbons (Fsp3) is 0.0714. The van der Waals surface area contributed by atoms with Crippen molar-refractivity contribution in [2.45, 2.75) is 6.54 Å². The van der Waals surface area contributed by atoms with Crippen molar-refractivity contribution in [1.29, 1.82) is 0 Å². The predicted octanol–water partition coefficient (Wildman–Crippen LogP) is 3.80. The normalized spacial score (nSPS) is 10.6. The maximum absolute atomic E-state index is 4.37. The Morgan fingerprint density at radius 1 is 1.14 bits per heavy atom. The highest BCUT2D eigenvalue weighted by molar-refractivity contribution is 9.11. The molecule has 0 aliphatic heterocycles. The van der Waals surface area contributed by atoms with Gasteiger partial charge in [-0.1, -0.05) is 0 Å². The summed E-state index contributed by atoms with van der Waals surface area (Å²) in [4.78, 5) is 8.73. The molecule has 0 saturated carbocycles. The third kappa shape index (κ3) is 3.48. The monoisotopic (exact) mass is 407 g/mol. The van der Waals surface area contributed by atoms with Crippen molar-refractivity contribution in [2.75, 3.05) is 5.32 Å². The second-order valence-corrected chi connectivity index (χ2v) is 6.06. The van der Waals surface area contributed by atoms with Crippen LogP contribution < -0.4 is 5.32 Å². The van der Waals surface area contributed by atoms with E-state index in [4.69, 9.17) is 0 Å². The van der Waals surface area contributed by atoms with Crippen LogP contribution in [0.25, 0.3) is 5.82 Å². The number of nitrogens with zero attached hydrogens (tertiary/aromatic N) is 4. The molecule has 0 amide bonds. The third-order valence-electron chi connectivity index (χ3n) is 2.83. The average molecular weight is 409 g/mol. The Bertz CT molecular complexity index is 726. The van der Waals surface area contributed by atoms with Crippen LogP contribution in [0, 0.1) is 0 Å². The fourth-order valence-corrected chi connectivity index (χ4v) is 2.92. The maximum Gasteiger partial charge on any atom is 0.153 e. The molecule has 0 spiro atoms. The van der Waals surface area contributed by atoms with Crippen molar-refractivity contribution in [3.05, 3.63) is 63.7 Å². The standard InChI is InChI=1S/C14H11Br2N5/c15-10-6-12(16)13(18-7-10)9-17-11-2-3-14(19-8-11)21-5-1-4-20-21/h1-8,17H,9H2. The van der Waals surface area contributed by atoms with E-state index in [1.807, 2.05) is 30.5 Å². The van der Waals surface area contributed by atoms with E-state index >= 15 is 0 Å². The molecule has 0 saturated heterocycles. The number of nitrogens with one attached hydrogen (secondary N) is 1. The van der Waals surface area contributed by atoms with Crippen LogP contribution in [0.5, 0.6) is 0 Å². The molecule has 3 heterocycles. The van der Waals surface area contributed by atoms with Gasteiger partial charge in [-0.25, -0.2) is 9.67 Å². The molecule has 21 heavy (non-hydrogen) atoms. The molecule has 3 rings (SSSR count). The highest BCUT2D eigenvalue weighted by Gasteiger charge is 2.03. The maximum atomic E-state index is 4.37. The van der Waals surface area contributed by atoms with Gasteiger partial charge < -0.3 is 5.32 Å². The molecule has 0 unspecified atom stereocenters. The number of hydrogen-bond donors (Lipinski definition) is 1. The summed E-state index contributed by atoms with van der Waals surface area (Å²) >= 11 is 6.89. The quantitative estimate of drug-likeness (QED) is 0.713. The Labute approximate surface area is 138 Å². The first-order valence-electron chi connectivity index (χ1n) is 6.22. The van der Waals surface area contributed by atoms with Crippen LogP contribution in [0.3, 0.4) is 0 Å². The van der Waals surface area contributed by atoms with Crippen LogP contribution in [0.2, 0.25) is 0 Å². The van der Waals surface area contributed by atoms with Crippen LogP contribution in [-0.4, -0.2) is 19.7 Å². The van der Waals surface area contributed by atoms with Crippen molar-refractivity contribution < 1.29 is 0 Å². The van der Waals surface area contributed by atoms with Gasteiger partial charge in [-0.3, -0.25) is 4.98 Å². The van der Waals surface area contributed by atoms with Gasteiger partial charge in [-0.05, 0) is 56.1 Å². The zero-order valence-electron chi connectivity index (χ0n) is 10.9. The van der Waals surface area contributed by atoms with Gasteiger partial charge in [0.15, 0.2) is 5.82 Å². The Kier molecular flexibility index (Phi) is 4.31. The molecule has 0 bridgehead atoms. The average Bonchev–Trinajstić information content (AvgIpc) is 3.01. The first-order chi connectivity index (χ1) is 10.2. The molecule has 3 aromatic rings. The van der Waals surface area contributed by atoms with E-state index in [1.165, 1.54) is 0 Å². The number of hydrogen-bond acceptors (Lipinski definition) is 4. The largest absolute Gasteiger partial charge is 0.378 e. The van der Waals surface area contributed by atoms with E-state index in [1.54, 1.807) is 23.3 Å². The van der Waals surface area contributed by atoms with Gasteiger partial charge in [0.1, 0.15) is 0 Å². The molecule has 3 aromatic heterocycles. The van der Waals surface area contributed by atoms with Crippen LogP contribution in [0.4, 0.5) is 5.69 Å². The molecule has 5 nitrogen and oxygen atoms in total. The molecule has 0 aliphatic carbocycles. The van der Waals surface area contributed by atoms with Gasteiger partial charge in [0.2, 0.25) is 0 Å². The molecule has 1 N–H and O–H groups in total. The topological polar surface area (TPSA) is 55.6 Å². The fourth-order valence-electron chi connectivity index (χ4n) is 1.79. The van der Waals surface area contributed by atoms with E-state index in [0.717, 1.165) is 26.1 Å². The number of pyridine rings is 2. The van der Waals surface area contributed by atoms with Crippen molar-refractivity contribution in [3.8, 4) is 5.82 Å². The predicted molar refractivity (Wildman–Crippen MR) is 88.3 cm³/mol. The summed E-state index contributed by atoms with van der Waals surface area (Å²) in [5.74, 6) is 0.786. The lowest BCUT2D eigenvalue weighted by Crippen LogP contribution is -2.04. The summed E-state index contributed by atoms with van der Waals surface area (Å²) in [5, 5.41) is 7.44. The number of aromatic nitrogens is 4. The number of rotatable bonds is 4. The minimum Gasteiger partial charge on any atom is -0.378 e. The van der Waals surface area contributed by atoms with E-state index in [0.29, 0.717) is 6.54 Å². The summed E-state index contributed by atoms with van der Waals surface area (Å²) in [6, 6.07) is 7.73. The summed E-state index contributed by atoms with van der Waals surface area (Å²) in [6.07, 6.45) is 7.15. The number of anilines is 1. The molecular weight excluding hydrogens is 398 g/mol. The van der Waals surface area contributed by atoms with Gasteiger partial charge in [0, 0.05) is 27.5 Å². The number of halogens is 2. The Balaban J connectivity index is 1.68. The van der Waals surface area contributed by atoms with Gasteiger partial charge in [-0.2, -0.15) is 5.10 Å². The summed E-state index contributed by atoms with van der Waals surface area (Å²) in [7, 11) is 0. The first kappa shape index (κ1) is 14.2. The zero-order valence-corrected chi connectivity index (χ0v) is 14.0. The lowest BCUT2D eigenvalue weighted by molar-refractivity contribution is 0.846. The second-order valence-electron chi connectivity index (χ2n) is 4.29. The molecule has 0 aromatic carbocycles. The van der Waals surface area contributed by atoms with Gasteiger partial charge in [0.25, 0.3) is 0 Å². The Morgan fingerprint density at radius 3 is 2.71 bits per heavy atom. The molecule has 106 valence electrons. The molecular formula is C14H11Br2N5. The smallest absolute Gasteiger partial charge is 0.153 e. The van der Waals surface area contributed by atoms with Crippen molar-refractivity contribution in [3.63, 3.8) is 0 Å². The summed E-state index contributed by atoms with van der Waals surface area (Å²) in [5.41, 5.74) is 1.87. The molecule has 0 fully saturated rings. The van der Waals surface area contributed by atoms with Crippen molar-refractivity contribution in [2.24, 2.45) is 0 Å². The van der Waals surface area contributed by atoms with E-state index in [-0.39, 0.29) is 0 Å². The Morgan fingerprint density at radius 2 is 2.05 bits per heavy atom. The zero-order chi connectivity index (χ0) is 14.7. The van der Waals surface area contributed by atoms with Gasteiger partial charge >= 0.3 is 0 Å². The minimum absolute atomic E-state index is 0.622. The van der Waals surface area contributed by atoms with Crippen molar-refractivity contribution >= 4 is 37.5 Å². The van der Waals surface area contributed by atoms with E-state index in [2.05, 4.69) is 52.2 Å². The van der Waals surface area contributed by atoms with Gasteiger partial charge in [0.05, 0.1) is 24.1 Å². The third-order valence-corrected chi connectivity index (χ3v) is 3.95. The van der Waals surface area contributed by atoms with E-state index in [9.17, 15) is 0 Å². The Hall–Kier alpha value is -1.73. The molecule has 7 heteroatoms. The lowest BCUT2D eigenvalue weighted by atomic mass is 10.3. The van der Waals surface area contributed by atoms with Crippen LogP contribution in [0.15, 0.2) is 58.0 Å². The SMILES string of the molecule is Brc1cnc(CNc2ccc(-n3cccn3)nc2)c(Br)c1. The van der Waals surface area contributed by atoms with Crippen molar-refractivity contribution in [1.82, 2.24) is 19.7 Å². The molecule has 0 aliphatic rings. The molecule has 0 radical (unpaired) electrons. The molecule has 0 atom stereocenters.